The number of phenols is 1. The van der Waals surface area contributed by atoms with Gasteiger partial charge in [0.1, 0.15) is 17.3 Å². The standard InChI is InChI=1S/C33H23Cl2FN4O6/c34-32-16-25-24(12-13-37-30(44)39(31(45)40(25)37)21-4-2-1-3-5-21)27(19-14-18-15-23(41)10-11-26(18)46-17-19)33(32,35)29(43)38(28(32)42)22-8-6-20(36)7-9-22/h1-12,15,17,25,27,41H,13-14,16H2/t25-,27+,32-,33+/m1/s1. The summed E-state index contributed by atoms with van der Waals surface area (Å²) in [6.07, 6.45) is 3.06. The Kier molecular flexibility index (Phi) is 6.10. The van der Waals surface area contributed by atoms with E-state index in [0.29, 0.717) is 28.1 Å². The van der Waals surface area contributed by atoms with Gasteiger partial charge in [-0.1, -0.05) is 24.3 Å². The minimum absolute atomic E-state index is 0.00158. The molecule has 4 atom stereocenters. The molecule has 4 heterocycles. The summed E-state index contributed by atoms with van der Waals surface area (Å²) in [7, 11) is 0. The summed E-state index contributed by atoms with van der Waals surface area (Å²) in [4.78, 5) is 53.1. The van der Waals surface area contributed by atoms with Gasteiger partial charge in [0.05, 0.1) is 30.2 Å². The van der Waals surface area contributed by atoms with E-state index < -0.39 is 50.7 Å². The molecule has 4 aromatic rings. The first-order valence-corrected chi connectivity index (χ1v) is 15.2. The second-order valence-corrected chi connectivity index (χ2v) is 13.0. The van der Waals surface area contributed by atoms with Gasteiger partial charge >= 0.3 is 11.4 Å². The van der Waals surface area contributed by atoms with Crippen LogP contribution in [0.15, 0.2) is 106 Å². The van der Waals surface area contributed by atoms with Crippen LogP contribution in [0.1, 0.15) is 18.0 Å². The van der Waals surface area contributed by atoms with Gasteiger partial charge in [-0.2, -0.15) is 0 Å². The number of hydrogen-bond donors (Lipinski definition) is 1. The predicted molar refractivity (Wildman–Crippen MR) is 166 cm³/mol. The number of nitrogens with zero attached hydrogens (tertiary/aromatic N) is 4. The van der Waals surface area contributed by atoms with Crippen LogP contribution in [0, 0.1) is 11.7 Å². The van der Waals surface area contributed by atoms with Crippen molar-refractivity contribution in [3.63, 3.8) is 0 Å². The molecule has 3 aromatic carbocycles. The first-order valence-electron chi connectivity index (χ1n) is 14.4. The summed E-state index contributed by atoms with van der Waals surface area (Å²) in [5, 5.41) is 10.2. The van der Waals surface area contributed by atoms with E-state index >= 15 is 0 Å². The number of benzene rings is 3. The number of allylic oxidation sites excluding steroid dienone is 3. The van der Waals surface area contributed by atoms with E-state index in [9.17, 15) is 28.7 Å². The van der Waals surface area contributed by atoms with Crippen LogP contribution in [0.5, 0.6) is 11.5 Å². The van der Waals surface area contributed by atoms with Crippen molar-refractivity contribution < 1.29 is 23.8 Å². The quantitative estimate of drug-likeness (QED) is 0.200. The summed E-state index contributed by atoms with van der Waals surface area (Å²) in [5.74, 6) is -2.82. The Bertz CT molecular complexity index is 2170. The molecule has 1 N–H and O–H groups in total. The lowest BCUT2D eigenvalue weighted by atomic mass is 9.63. The van der Waals surface area contributed by atoms with Gasteiger partial charge < -0.3 is 9.84 Å². The molecular weight excluding hydrogens is 638 g/mol. The molecule has 0 spiro atoms. The van der Waals surface area contributed by atoms with E-state index in [2.05, 4.69) is 0 Å². The second kappa shape index (κ2) is 9.81. The number of carbonyl (C=O) groups excluding carboxylic acids is 2. The zero-order chi connectivity index (χ0) is 32.1. The fraction of sp³-hybridized carbons (Fsp3) is 0.212. The Labute approximate surface area is 269 Å². The SMILES string of the molecule is O=C1N(c2ccc(F)cc2)C(=O)[C@@]2(Cl)[C@@H](C3=COc4ccc(O)cc4C3)C3=CCn4c(=O)n(-c5ccccc5)c(=O)n4[C@@H]3C[C@@]12Cl. The largest absolute Gasteiger partial charge is 0.508 e. The van der Waals surface area contributed by atoms with Crippen LogP contribution in [-0.2, 0) is 22.6 Å². The number of aromatic hydroxyl groups is 1. The molecular formula is C33H23Cl2FN4O6. The number of ether oxygens (including phenoxy) is 1. The van der Waals surface area contributed by atoms with Crippen molar-refractivity contribution in [3.05, 3.63) is 129 Å². The highest BCUT2D eigenvalue weighted by atomic mass is 35.5. The molecule has 1 saturated carbocycles. The van der Waals surface area contributed by atoms with Crippen molar-refractivity contribution in [1.29, 1.82) is 0 Å². The van der Waals surface area contributed by atoms with Crippen LogP contribution in [0.25, 0.3) is 5.69 Å². The first-order chi connectivity index (χ1) is 22.0. The number of amides is 2. The van der Waals surface area contributed by atoms with Gasteiger partial charge in [0.2, 0.25) is 0 Å². The van der Waals surface area contributed by atoms with Crippen molar-refractivity contribution in [2.24, 2.45) is 5.92 Å². The molecule has 4 aliphatic rings. The third-order valence-corrected chi connectivity index (χ3v) is 10.7. The fourth-order valence-electron chi connectivity index (χ4n) is 7.27. The van der Waals surface area contributed by atoms with Crippen LogP contribution >= 0.6 is 23.2 Å². The highest BCUT2D eigenvalue weighted by Crippen LogP contribution is 2.63. The van der Waals surface area contributed by atoms with Crippen molar-refractivity contribution >= 4 is 40.7 Å². The van der Waals surface area contributed by atoms with Gasteiger partial charge in [0, 0.05) is 24.3 Å². The lowest BCUT2D eigenvalue weighted by molar-refractivity contribution is -0.122. The third-order valence-electron chi connectivity index (χ3n) is 9.32. The third kappa shape index (κ3) is 3.69. The number of alkyl halides is 2. The summed E-state index contributed by atoms with van der Waals surface area (Å²) < 4.78 is 23.4. The van der Waals surface area contributed by atoms with Crippen LogP contribution in [-0.4, -0.2) is 40.6 Å². The van der Waals surface area contributed by atoms with Gasteiger partial charge in [-0.15, -0.1) is 23.2 Å². The van der Waals surface area contributed by atoms with Gasteiger partial charge in [-0.05, 0) is 65.7 Å². The molecule has 0 unspecified atom stereocenters. The average Bonchev–Trinajstić information content (AvgIpc) is 3.39. The van der Waals surface area contributed by atoms with Crippen molar-refractivity contribution in [2.75, 3.05) is 4.90 Å². The second-order valence-electron chi connectivity index (χ2n) is 11.7. The minimum Gasteiger partial charge on any atom is -0.508 e. The van der Waals surface area contributed by atoms with Crippen molar-refractivity contribution in [1.82, 2.24) is 13.9 Å². The number of imide groups is 1. The fourth-order valence-corrected chi connectivity index (χ4v) is 8.20. The van der Waals surface area contributed by atoms with Crippen LogP contribution in [0.2, 0.25) is 0 Å². The molecule has 232 valence electrons. The zero-order valence-corrected chi connectivity index (χ0v) is 25.3. The molecule has 0 radical (unpaired) electrons. The molecule has 10 nitrogen and oxygen atoms in total. The smallest absolute Gasteiger partial charge is 0.352 e. The average molecular weight is 661 g/mol. The van der Waals surface area contributed by atoms with Gasteiger partial charge in [-0.25, -0.2) is 32.8 Å². The molecule has 2 amide bonds. The molecule has 2 fully saturated rings. The Morgan fingerprint density at radius 2 is 1.63 bits per heavy atom. The molecule has 46 heavy (non-hydrogen) atoms. The Hall–Kier alpha value is -4.87. The minimum atomic E-state index is -2.11. The number of carbonyl (C=O) groups is 2. The van der Waals surface area contributed by atoms with E-state index in [1.807, 2.05) is 0 Å². The molecule has 1 aromatic heterocycles. The van der Waals surface area contributed by atoms with Gasteiger partial charge in [-0.3, -0.25) is 9.59 Å². The Morgan fingerprint density at radius 3 is 2.37 bits per heavy atom. The zero-order valence-electron chi connectivity index (χ0n) is 23.8. The van der Waals surface area contributed by atoms with E-state index in [-0.39, 0.29) is 30.8 Å². The Balaban J connectivity index is 1.34. The number of aromatic nitrogens is 3. The maximum absolute atomic E-state index is 14.5. The topological polar surface area (TPSA) is 116 Å². The number of halogens is 3. The summed E-state index contributed by atoms with van der Waals surface area (Å²) in [6.45, 7) is -0.0200. The van der Waals surface area contributed by atoms with E-state index in [4.69, 9.17) is 27.9 Å². The molecule has 13 heteroatoms. The molecule has 8 rings (SSSR count). The number of para-hydroxylation sites is 1. The number of hydrogen-bond acceptors (Lipinski definition) is 6. The van der Waals surface area contributed by atoms with E-state index in [1.165, 1.54) is 39.9 Å². The maximum atomic E-state index is 14.5. The van der Waals surface area contributed by atoms with Crippen LogP contribution in [0.4, 0.5) is 10.1 Å². The first kappa shape index (κ1) is 28.6. The van der Waals surface area contributed by atoms with E-state index in [0.717, 1.165) is 21.6 Å². The summed E-state index contributed by atoms with van der Waals surface area (Å²) in [6, 6.07) is 16.9. The molecule has 0 bridgehead atoms. The predicted octanol–water partition coefficient (Wildman–Crippen LogP) is 4.19. The number of fused-ring (bicyclic) bond motifs is 5. The summed E-state index contributed by atoms with van der Waals surface area (Å²) >= 11 is 14.8. The van der Waals surface area contributed by atoms with Gasteiger partial charge in [0.15, 0.2) is 9.75 Å². The van der Waals surface area contributed by atoms with Gasteiger partial charge in [0.25, 0.3) is 11.8 Å². The number of rotatable bonds is 3. The molecule has 1 saturated heterocycles. The Morgan fingerprint density at radius 1 is 0.891 bits per heavy atom. The molecule has 3 aliphatic heterocycles. The summed E-state index contributed by atoms with van der Waals surface area (Å²) in [5.41, 5.74) is 0.803. The highest BCUT2D eigenvalue weighted by Gasteiger charge is 2.76. The highest BCUT2D eigenvalue weighted by molar-refractivity contribution is 6.58. The van der Waals surface area contributed by atoms with Crippen LogP contribution < -0.4 is 21.0 Å². The lowest BCUT2D eigenvalue weighted by Gasteiger charge is -2.49. The monoisotopic (exact) mass is 660 g/mol. The molecule has 1 aliphatic carbocycles. The lowest BCUT2D eigenvalue weighted by Crippen LogP contribution is -2.61. The van der Waals surface area contributed by atoms with Crippen LogP contribution in [0.3, 0.4) is 0 Å². The number of anilines is 1. The van der Waals surface area contributed by atoms with Crippen molar-refractivity contribution in [2.45, 2.75) is 35.2 Å². The van der Waals surface area contributed by atoms with Crippen molar-refractivity contribution in [3.8, 4) is 17.2 Å². The maximum Gasteiger partial charge on any atom is 0.352 e. The normalized spacial score (nSPS) is 26.4. The number of phenolic OH excluding ortho intramolecular Hbond substituents is 1. The van der Waals surface area contributed by atoms with E-state index in [1.54, 1.807) is 42.5 Å².